The zero-order valence-corrected chi connectivity index (χ0v) is 20.1. The number of thiazole rings is 1. The van der Waals surface area contributed by atoms with Gasteiger partial charge >= 0.3 is 0 Å². The third kappa shape index (κ3) is 3.93. The largest absolute Gasteiger partial charge is 0.496 e. The Morgan fingerprint density at radius 3 is 2.76 bits per heavy atom. The van der Waals surface area contributed by atoms with Crippen LogP contribution in [0.4, 0.5) is 5.13 Å². The van der Waals surface area contributed by atoms with Crippen molar-refractivity contribution in [2.45, 2.75) is 6.61 Å². The molecule has 6 rings (SSSR count). The summed E-state index contributed by atoms with van der Waals surface area (Å²) in [6.07, 6.45) is 1.81. The van der Waals surface area contributed by atoms with Gasteiger partial charge in [-0.05, 0) is 17.4 Å². The van der Waals surface area contributed by atoms with E-state index in [2.05, 4.69) is 15.0 Å². The van der Waals surface area contributed by atoms with Crippen molar-refractivity contribution in [3.63, 3.8) is 0 Å². The fourth-order valence-corrected chi connectivity index (χ4v) is 5.31. The molecule has 0 saturated carbocycles. The number of nitrogens with zero attached hydrogens (tertiary/aromatic N) is 5. The molecule has 0 spiro atoms. The fraction of sp³-hybridized carbons (Fsp3) is 0.318. The van der Waals surface area contributed by atoms with Crippen molar-refractivity contribution in [3.05, 3.63) is 35.5 Å². The highest BCUT2D eigenvalue weighted by atomic mass is 32.1. The first-order valence-electron chi connectivity index (χ1n) is 10.6. The summed E-state index contributed by atoms with van der Waals surface area (Å²) in [4.78, 5) is 12.3. The molecule has 34 heavy (non-hydrogen) atoms. The minimum Gasteiger partial charge on any atom is -0.496 e. The first-order chi connectivity index (χ1) is 16.7. The van der Waals surface area contributed by atoms with Crippen LogP contribution in [0.15, 0.2) is 34.2 Å². The van der Waals surface area contributed by atoms with Gasteiger partial charge in [-0.15, -0.1) is 16.4 Å². The first kappa shape index (κ1) is 21.2. The molecule has 0 aliphatic carbocycles. The molecule has 1 aliphatic heterocycles. The lowest BCUT2D eigenvalue weighted by molar-refractivity contribution is 0.122. The van der Waals surface area contributed by atoms with Crippen LogP contribution in [0.2, 0.25) is 0 Å². The van der Waals surface area contributed by atoms with Crippen LogP contribution >= 0.6 is 22.7 Å². The third-order valence-electron chi connectivity index (χ3n) is 5.46. The number of methoxy groups -OCH3 is 2. The van der Waals surface area contributed by atoms with Gasteiger partial charge < -0.3 is 28.3 Å². The Hall–Kier alpha value is -3.35. The van der Waals surface area contributed by atoms with Gasteiger partial charge in [0.15, 0.2) is 10.9 Å². The van der Waals surface area contributed by atoms with Gasteiger partial charge in [0.1, 0.15) is 29.4 Å². The molecule has 10 nitrogen and oxygen atoms in total. The maximum Gasteiger partial charge on any atom is 0.294 e. The summed E-state index contributed by atoms with van der Waals surface area (Å²) in [7, 11) is 3.20. The van der Waals surface area contributed by atoms with E-state index in [0.29, 0.717) is 40.3 Å². The number of aromatic nitrogens is 4. The molecule has 1 fully saturated rings. The number of benzene rings is 1. The monoisotopic (exact) mass is 499 g/mol. The number of anilines is 1. The zero-order valence-electron chi connectivity index (χ0n) is 18.5. The summed E-state index contributed by atoms with van der Waals surface area (Å²) < 4.78 is 30.0. The lowest BCUT2D eigenvalue weighted by Crippen LogP contribution is -2.36. The van der Waals surface area contributed by atoms with Gasteiger partial charge in [-0.2, -0.15) is 0 Å². The summed E-state index contributed by atoms with van der Waals surface area (Å²) in [5.74, 6) is 1.92. The molecule has 0 unspecified atom stereocenters. The summed E-state index contributed by atoms with van der Waals surface area (Å²) in [5, 5.41) is 8.73. The van der Waals surface area contributed by atoms with E-state index >= 15 is 0 Å². The number of fused-ring (bicyclic) bond motifs is 2. The Morgan fingerprint density at radius 2 is 1.97 bits per heavy atom. The topological polar surface area (TPSA) is 96.4 Å². The van der Waals surface area contributed by atoms with E-state index in [1.165, 1.54) is 11.3 Å². The third-order valence-corrected chi connectivity index (χ3v) is 7.29. The van der Waals surface area contributed by atoms with E-state index in [1.54, 1.807) is 30.1 Å². The molecule has 4 aromatic heterocycles. The van der Waals surface area contributed by atoms with Gasteiger partial charge in [-0.3, -0.25) is 0 Å². The normalized spacial score (nSPS) is 14.2. The van der Waals surface area contributed by atoms with Crippen molar-refractivity contribution < 1.29 is 23.4 Å². The molecule has 1 saturated heterocycles. The van der Waals surface area contributed by atoms with E-state index in [4.69, 9.17) is 28.3 Å². The second kappa shape index (κ2) is 8.78. The predicted octanol–water partition coefficient (Wildman–Crippen LogP) is 4.09. The van der Waals surface area contributed by atoms with Crippen LogP contribution in [-0.4, -0.2) is 60.1 Å². The Kier molecular flexibility index (Phi) is 5.47. The quantitative estimate of drug-likeness (QED) is 0.328. The smallest absolute Gasteiger partial charge is 0.294 e. The van der Waals surface area contributed by atoms with Crippen LogP contribution in [0, 0.1) is 0 Å². The Bertz CT molecular complexity index is 1420. The van der Waals surface area contributed by atoms with Crippen molar-refractivity contribution in [1.29, 1.82) is 0 Å². The molecule has 176 valence electrons. The average Bonchev–Trinajstić information content (AvgIpc) is 3.65. The number of hydrogen-bond donors (Lipinski definition) is 0. The summed E-state index contributed by atoms with van der Waals surface area (Å²) in [5.41, 5.74) is 2.20. The van der Waals surface area contributed by atoms with Crippen LogP contribution in [0.25, 0.3) is 27.4 Å². The number of rotatable bonds is 7. The summed E-state index contributed by atoms with van der Waals surface area (Å²) in [6, 6.07) is 5.62. The van der Waals surface area contributed by atoms with Crippen molar-refractivity contribution in [3.8, 4) is 28.1 Å². The van der Waals surface area contributed by atoms with Crippen LogP contribution in [-0.2, 0) is 11.3 Å². The Labute approximate surface area is 202 Å². The summed E-state index contributed by atoms with van der Waals surface area (Å²) in [6.45, 7) is 3.52. The Morgan fingerprint density at radius 1 is 1.09 bits per heavy atom. The van der Waals surface area contributed by atoms with Crippen LogP contribution in [0.1, 0.15) is 5.69 Å². The van der Waals surface area contributed by atoms with E-state index in [1.807, 2.05) is 29.8 Å². The van der Waals surface area contributed by atoms with Crippen molar-refractivity contribution in [2.75, 3.05) is 45.4 Å². The van der Waals surface area contributed by atoms with Crippen molar-refractivity contribution in [2.24, 2.45) is 0 Å². The standard InChI is InChI=1S/C22H21N5O5S2/c1-28-14-7-17(31-11-13-12-33-20(23-13)26-3-5-30-6-4-26)15-9-19(32-18(15)8-14)16-10-27-21(24-16)34-22(25-27)29-2/h7-10,12H,3-6,11H2,1-2H3. The Balaban J connectivity index is 1.27. The fourth-order valence-electron chi connectivity index (χ4n) is 3.74. The SMILES string of the molecule is COc1cc(OCc2csc(N3CCOCC3)n2)c2cc(-c3cn4nc(OC)sc4n3)oc2c1. The minimum absolute atomic E-state index is 0.341. The maximum absolute atomic E-state index is 6.18. The number of imidazole rings is 1. The molecule has 5 heterocycles. The highest BCUT2D eigenvalue weighted by Crippen LogP contribution is 2.37. The van der Waals surface area contributed by atoms with Crippen LogP contribution in [0.5, 0.6) is 16.7 Å². The highest BCUT2D eigenvalue weighted by Gasteiger charge is 2.18. The van der Waals surface area contributed by atoms with Crippen molar-refractivity contribution in [1.82, 2.24) is 19.6 Å². The van der Waals surface area contributed by atoms with Crippen molar-refractivity contribution >= 4 is 43.7 Å². The molecular weight excluding hydrogens is 478 g/mol. The van der Waals surface area contributed by atoms with E-state index < -0.39 is 0 Å². The number of ether oxygens (including phenoxy) is 4. The van der Waals surface area contributed by atoms with Gasteiger partial charge in [0, 0.05) is 30.6 Å². The zero-order chi connectivity index (χ0) is 23.1. The summed E-state index contributed by atoms with van der Waals surface area (Å²) >= 11 is 2.98. The van der Waals surface area contributed by atoms with Gasteiger partial charge in [-0.25, -0.2) is 14.5 Å². The molecule has 0 amide bonds. The van der Waals surface area contributed by atoms with E-state index in [0.717, 1.165) is 47.5 Å². The molecule has 0 radical (unpaired) electrons. The van der Waals surface area contributed by atoms with Crippen LogP contribution in [0.3, 0.4) is 0 Å². The molecule has 12 heteroatoms. The minimum atomic E-state index is 0.341. The second-order valence-electron chi connectivity index (χ2n) is 7.58. The van der Waals surface area contributed by atoms with Crippen LogP contribution < -0.4 is 19.1 Å². The predicted molar refractivity (Wildman–Crippen MR) is 129 cm³/mol. The molecule has 0 bridgehead atoms. The van der Waals surface area contributed by atoms with E-state index in [9.17, 15) is 0 Å². The average molecular weight is 500 g/mol. The lowest BCUT2D eigenvalue weighted by Gasteiger charge is -2.26. The molecule has 5 aromatic rings. The highest BCUT2D eigenvalue weighted by molar-refractivity contribution is 7.18. The second-order valence-corrected chi connectivity index (χ2v) is 9.34. The van der Waals surface area contributed by atoms with E-state index in [-0.39, 0.29) is 0 Å². The molecular formula is C22H21N5O5S2. The maximum atomic E-state index is 6.18. The van der Waals surface area contributed by atoms with Gasteiger partial charge in [0.05, 0.1) is 44.7 Å². The number of furan rings is 1. The van der Waals surface area contributed by atoms with Gasteiger partial charge in [-0.1, -0.05) is 0 Å². The van der Waals surface area contributed by atoms with Gasteiger partial charge in [0.25, 0.3) is 5.19 Å². The lowest BCUT2D eigenvalue weighted by atomic mass is 10.2. The molecule has 1 aromatic carbocycles. The van der Waals surface area contributed by atoms with Gasteiger partial charge in [0.2, 0.25) is 4.96 Å². The first-order valence-corrected chi connectivity index (χ1v) is 12.3. The number of morpholine rings is 1. The molecule has 1 aliphatic rings. The number of hydrogen-bond acceptors (Lipinski definition) is 11. The molecule has 0 atom stereocenters. The molecule has 0 N–H and O–H groups in total.